The van der Waals surface area contributed by atoms with E-state index in [1.54, 1.807) is 0 Å². The van der Waals surface area contributed by atoms with Crippen LogP contribution < -0.4 is 0 Å². The zero-order valence-corrected chi connectivity index (χ0v) is 7.84. The lowest BCUT2D eigenvalue weighted by Crippen LogP contribution is -1.93. The van der Waals surface area contributed by atoms with Crippen LogP contribution in [0.4, 0.5) is 0 Å². The Morgan fingerprint density at radius 3 is 2.64 bits per heavy atom. The van der Waals surface area contributed by atoms with E-state index >= 15 is 0 Å². The maximum absolute atomic E-state index is 2.39. The van der Waals surface area contributed by atoms with Crippen molar-refractivity contribution in [2.45, 2.75) is 46.0 Å². The van der Waals surface area contributed by atoms with Gasteiger partial charge in [-0.15, -0.1) is 0 Å². The lowest BCUT2D eigenvalue weighted by molar-refractivity contribution is 0.494. The summed E-state index contributed by atoms with van der Waals surface area (Å²) in [6, 6.07) is 0. The second-order valence-corrected chi connectivity index (χ2v) is 3.90. The average Bonchev–Trinajstić information content (AvgIpc) is 2.17. The van der Waals surface area contributed by atoms with E-state index in [2.05, 4.69) is 26.0 Å². The van der Waals surface area contributed by atoms with Crippen LogP contribution in [0, 0.1) is 11.8 Å². The van der Waals surface area contributed by atoms with Crippen LogP contribution in [0.3, 0.4) is 0 Å². The van der Waals surface area contributed by atoms with Crippen molar-refractivity contribution in [3.05, 3.63) is 12.2 Å². The van der Waals surface area contributed by atoms with E-state index < -0.39 is 0 Å². The van der Waals surface area contributed by atoms with Gasteiger partial charge in [0, 0.05) is 0 Å². The van der Waals surface area contributed by atoms with Crippen molar-refractivity contribution in [2.24, 2.45) is 11.8 Å². The van der Waals surface area contributed by atoms with Crippen LogP contribution in [0.15, 0.2) is 12.2 Å². The van der Waals surface area contributed by atoms with E-state index in [0.29, 0.717) is 0 Å². The minimum absolute atomic E-state index is 0.893. The van der Waals surface area contributed by atoms with Gasteiger partial charge < -0.3 is 0 Å². The summed E-state index contributed by atoms with van der Waals surface area (Å²) in [7, 11) is 0. The quantitative estimate of drug-likeness (QED) is 0.396. The summed E-state index contributed by atoms with van der Waals surface area (Å²) < 4.78 is 0. The molecule has 0 aromatic rings. The lowest BCUT2D eigenvalue weighted by Gasteiger charge is -2.07. The standard InChI is InChI=1S/C11H20/c1-3-5-11-7-4-6-10(2)8-9-11/h3,5,10-11H,4,6-9H2,1-2H3/b5-3+. The molecular weight excluding hydrogens is 132 g/mol. The predicted octanol–water partition coefficient (Wildman–Crippen LogP) is 3.78. The first-order valence-corrected chi connectivity index (χ1v) is 4.95. The van der Waals surface area contributed by atoms with Crippen LogP contribution in [0.25, 0.3) is 0 Å². The Morgan fingerprint density at radius 2 is 1.91 bits per heavy atom. The molecule has 0 heterocycles. The molecule has 0 N–H and O–H groups in total. The largest absolute Gasteiger partial charge is 0.0914 e. The first kappa shape index (κ1) is 8.83. The third-order valence-corrected chi connectivity index (χ3v) is 2.77. The Morgan fingerprint density at radius 1 is 1.09 bits per heavy atom. The molecule has 0 amide bonds. The van der Waals surface area contributed by atoms with E-state index in [-0.39, 0.29) is 0 Å². The molecule has 64 valence electrons. The molecule has 2 unspecified atom stereocenters. The summed E-state index contributed by atoms with van der Waals surface area (Å²) in [6.45, 7) is 4.52. The maximum Gasteiger partial charge on any atom is -0.0234 e. The zero-order valence-electron chi connectivity index (χ0n) is 7.84. The van der Waals surface area contributed by atoms with Gasteiger partial charge in [-0.05, 0) is 31.6 Å². The number of rotatable bonds is 1. The van der Waals surface area contributed by atoms with Crippen molar-refractivity contribution in [1.82, 2.24) is 0 Å². The zero-order chi connectivity index (χ0) is 8.10. The molecule has 1 aliphatic carbocycles. The van der Waals surface area contributed by atoms with E-state index in [4.69, 9.17) is 0 Å². The second kappa shape index (κ2) is 4.58. The Balaban J connectivity index is 2.33. The molecule has 0 heteroatoms. The summed E-state index contributed by atoms with van der Waals surface area (Å²) in [6.07, 6.45) is 11.8. The minimum atomic E-state index is 0.893. The van der Waals surface area contributed by atoms with Gasteiger partial charge in [-0.25, -0.2) is 0 Å². The number of hydrogen-bond donors (Lipinski definition) is 0. The Hall–Kier alpha value is -0.260. The van der Waals surface area contributed by atoms with Gasteiger partial charge in [0.15, 0.2) is 0 Å². The molecule has 0 spiro atoms. The topological polar surface area (TPSA) is 0 Å². The van der Waals surface area contributed by atoms with Crippen molar-refractivity contribution >= 4 is 0 Å². The van der Waals surface area contributed by atoms with Crippen molar-refractivity contribution in [2.75, 3.05) is 0 Å². The van der Waals surface area contributed by atoms with Crippen molar-refractivity contribution < 1.29 is 0 Å². The Kier molecular flexibility index (Phi) is 3.68. The Labute approximate surface area is 70.7 Å². The van der Waals surface area contributed by atoms with Crippen molar-refractivity contribution in [3.8, 4) is 0 Å². The van der Waals surface area contributed by atoms with Crippen LogP contribution >= 0.6 is 0 Å². The molecule has 0 radical (unpaired) electrons. The van der Waals surface area contributed by atoms with Crippen molar-refractivity contribution in [1.29, 1.82) is 0 Å². The fraction of sp³-hybridized carbons (Fsp3) is 0.818. The first-order valence-electron chi connectivity index (χ1n) is 4.95. The minimum Gasteiger partial charge on any atom is -0.0914 e. The Bertz CT molecular complexity index is 124. The number of allylic oxidation sites excluding steroid dienone is 2. The van der Waals surface area contributed by atoms with Crippen molar-refractivity contribution in [3.63, 3.8) is 0 Å². The molecule has 1 saturated carbocycles. The van der Waals surface area contributed by atoms with Crippen LogP contribution in [-0.2, 0) is 0 Å². The SMILES string of the molecule is C/C=C/C1CCCC(C)CC1. The highest BCUT2D eigenvalue weighted by Crippen LogP contribution is 2.27. The summed E-state index contributed by atoms with van der Waals surface area (Å²) >= 11 is 0. The predicted molar refractivity (Wildman–Crippen MR) is 50.6 cm³/mol. The fourth-order valence-corrected chi connectivity index (χ4v) is 1.98. The molecule has 1 rings (SSSR count). The highest BCUT2D eigenvalue weighted by Gasteiger charge is 2.12. The molecule has 1 aliphatic rings. The molecule has 0 nitrogen and oxygen atoms in total. The second-order valence-electron chi connectivity index (χ2n) is 3.90. The number of hydrogen-bond acceptors (Lipinski definition) is 0. The van der Waals surface area contributed by atoms with Gasteiger partial charge in [-0.1, -0.05) is 38.3 Å². The summed E-state index contributed by atoms with van der Waals surface area (Å²) in [5.41, 5.74) is 0. The van der Waals surface area contributed by atoms with Crippen LogP contribution in [0.5, 0.6) is 0 Å². The normalized spacial score (nSPS) is 34.0. The van der Waals surface area contributed by atoms with E-state index in [1.807, 2.05) is 0 Å². The molecule has 0 bridgehead atoms. The summed E-state index contributed by atoms with van der Waals surface area (Å²) in [5.74, 6) is 1.87. The monoisotopic (exact) mass is 152 g/mol. The fourth-order valence-electron chi connectivity index (χ4n) is 1.98. The van der Waals surface area contributed by atoms with Gasteiger partial charge in [-0.2, -0.15) is 0 Å². The molecule has 0 saturated heterocycles. The molecule has 0 aromatic carbocycles. The molecule has 11 heavy (non-hydrogen) atoms. The molecular formula is C11H20. The van der Waals surface area contributed by atoms with Crippen LogP contribution in [-0.4, -0.2) is 0 Å². The van der Waals surface area contributed by atoms with E-state index in [0.717, 1.165) is 11.8 Å². The van der Waals surface area contributed by atoms with Crippen LogP contribution in [0.1, 0.15) is 46.0 Å². The highest BCUT2D eigenvalue weighted by molar-refractivity contribution is 4.87. The van der Waals surface area contributed by atoms with Gasteiger partial charge in [-0.3, -0.25) is 0 Å². The van der Waals surface area contributed by atoms with Gasteiger partial charge in [0.05, 0.1) is 0 Å². The van der Waals surface area contributed by atoms with Crippen LogP contribution in [0.2, 0.25) is 0 Å². The van der Waals surface area contributed by atoms with E-state index in [9.17, 15) is 0 Å². The molecule has 0 aliphatic heterocycles. The van der Waals surface area contributed by atoms with Gasteiger partial charge >= 0.3 is 0 Å². The smallest absolute Gasteiger partial charge is 0.0234 e. The third kappa shape index (κ3) is 3.09. The molecule has 2 atom stereocenters. The summed E-state index contributed by atoms with van der Waals surface area (Å²) in [4.78, 5) is 0. The summed E-state index contributed by atoms with van der Waals surface area (Å²) in [5, 5.41) is 0. The highest BCUT2D eigenvalue weighted by atomic mass is 14.2. The van der Waals surface area contributed by atoms with Gasteiger partial charge in [0.25, 0.3) is 0 Å². The third-order valence-electron chi connectivity index (χ3n) is 2.77. The first-order chi connectivity index (χ1) is 5.33. The van der Waals surface area contributed by atoms with E-state index in [1.165, 1.54) is 32.1 Å². The van der Waals surface area contributed by atoms with Gasteiger partial charge in [0.1, 0.15) is 0 Å². The molecule has 0 aromatic heterocycles. The van der Waals surface area contributed by atoms with Gasteiger partial charge in [0.2, 0.25) is 0 Å². The maximum atomic E-state index is 2.39. The molecule has 1 fully saturated rings. The average molecular weight is 152 g/mol. The lowest BCUT2D eigenvalue weighted by atomic mass is 9.99.